The molecule has 5 rings (SSSR count). The van der Waals surface area contributed by atoms with Crippen molar-refractivity contribution in [1.82, 2.24) is 24.8 Å². The molecule has 2 aromatic carbocycles. The monoisotopic (exact) mass is 504 g/mol. The number of anilines is 1. The van der Waals surface area contributed by atoms with Gasteiger partial charge in [0.2, 0.25) is 5.82 Å². The van der Waals surface area contributed by atoms with Crippen LogP contribution < -0.4 is 5.32 Å². The summed E-state index contributed by atoms with van der Waals surface area (Å²) in [6.45, 7) is 0. The number of carbonyl (C=O) groups is 1. The molecule has 0 saturated heterocycles. The van der Waals surface area contributed by atoms with Gasteiger partial charge in [-0.1, -0.05) is 45.7 Å². The topological polar surface area (TPSA) is 85.1 Å². The van der Waals surface area contributed by atoms with Crippen LogP contribution in [-0.4, -0.2) is 30.7 Å². The van der Waals surface area contributed by atoms with Crippen molar-refractivity contribution in [1.29, 1.82) is 0 Å². The number of rotatable bonds is 4. The van der Waals surface area contributed by atoms with Crippen molar-refractivity contribution < 1.29 is 4.79 Å². The van der Waals surface area contributed by atoms with Crippen molar-refractivity contribution in [3.63, 3.8) is 0 Å². The Labute approximate surface area is 196 Å². The molecule has 156 valence electrons. The van der Waals surface area contributed by atoms with E-state index in [0.717, 1.165) is 15.7 Å². The van der Waals surface area contributed by atoms with Crippen molar-refractivity contribution in [3.8, 4) is 22.8 Å². The summed E-state index contributed by atoms with van der Waals surface area (Å²) in [7, 11) is 0. The molecule has 0 aliphatic heterocycles. The third kappa shape index (κ3) is 3.98. The van der Waals surface area contributed by atoms with Crippen LogP contribution in [0.5, 0.6) is 0 Å². The largest absolute Gasteiger partial charge is 0.322 e. The van der Waals surface area contributed by atoms with Crippen LogP contribution in [0.3, 0.4) is 0 Å². The van der Waals surface area contributed by atoms with Crippen LogP contribution in [0.25, 0.3) is 28.4 Å². The second kappa shape index (κ2) is 8.49. The van der Waals surface area contributed by atoms with Crippen molar-refractivity contribution in [2.24, 2.45) is 0 Å². The molecule has 32 heavy (non-hydrogen) atoms. The zero-order chi connectivity index (χ0) is 22.1. The average Bonchev–Trinajstić information content (AvgIpc) is 3.25. The molecule has 1 amide bonds. The predicted molar refractivity (Wildman–Crippen MR) is 127 cm³/mol. The Morgan fingerprint density at radius 1 is 0.938 bits per heavy atom. The van der Waals surface area contributed by atoms with Gasteiger partial charge >= 0.3 is 0 Å². The summed E-state index contributed by atoms with van der Waals surface area (Å²) in [5.41, 5.74) is 3.98. The third-order valence-electron chi connectivity index (χ3n) is 4.77. The maximum Gasteiger partial charge on any atom is 0.257 e. The minimum absolute atomic E-state index is 0.284. The van der Waals surface area contributed by atoms with Gasteiger partial charge in [-0.3, -0.25) is 9.78 Å². The van der Waals surface area contributed by atoms with E-state index in [0.29, 0.717) is 33.4 Å². The number of fused-ring (bicyclic) bond motifs is 1. The Morgan fingerprint density at radius 3 is 2.56 bits per heavy atom. The van der Waals surface area contributed by atoms with Gasteiger partial charge in [-0.25, -0.2) is 0 Å². The zero-order valence-corrected chi connectivity index (χ0v) is 18.7. The highest BCUT2D eigenvalue weighted by molar-refractivity contribution is 9.10. The van der Waals surface area contributed by atoms with Crippen molar-refractivity contribution in [2.45, 2.75) is 0 Å². The minimum atomic E-state index is -0.284. The molecule has 0 atom stereocenters. The molecule has 0 aliphatic carbocycles. The number of nitrogens with zero attached hydrogens (tertiary/aromatic N) is 5. The van der Waals surface area contributed by atoms with E-state index >= 15 is 0 Å². The lowest BCUT2D eigenvalue weighted by Gasteiger charge is -2.08. The lowest BCUT2D eigenvalue weighted by Crippen LogP contribution is -2.12. The summed E-state index contributed by atoms with van der Waals surface area (Å²) in [5, 5.41) is 16.3. The molecule has 5 aromatic rings. The molecule has 0 unspecified atom stereocenters. The molecule has 0 spiro atoms. The molecule has 0 radical (unpaired) electrons. The maximum atomic E-state index is 12.6. The van der Waals surface area contributed by atoms with E-state index in [9.17, 15) is 4.79 Å². The van der Waals surface area contributed by atoms with E-state index in [2.05, 4.69) is 41.5 Å². The van der Waals surface area contributed by atoms with E-state index in [4.69, 9.17) is 11.6 Å². The molecule has 0 saturated carbocycles. The van der Waals surface area contributed by atoms with E-state index in [1.807, 2.05) is 54.6 Å². The van der Waals surface area contributed by atoms with Crippen molar-refractivity contribution in [3.05, 3.63) is 94.1 Å². The predicted octanol–water partition coefficient (Wildman–Crippen LogP) is 5.52. The van der Waals surface area contributed by atoms with E-state index < -0.39 is 0 Å². The number of benzene rings is 2. The van der Waals surface area contributed by atoms with Crippen molar-refractivity contribution >= 4 is 44.8 Å². The second-order valence-corrected chi connectivity index (χ2v) is 8.21. The third-order valence-corrected chi connectivity index (χ3v) is 5.59. The Hall–Kier alpha value is -3.62. The first-order chi connectivity index (χ1) is 15.6. The molecule has 9 heteroatoms. The summed E-state index contributed by atoms with van der Waals surface area (Å²) in [6.07, 6.45) is 1.70. The first-order valence-electron chi connectivity index (χ1n) is 9.59. The average molecular weight is 506 g/mol. The summed E-state index contributed by atoms with van der Waals surface area (Å²) < 4.78 is 2.45. The molecular formula is C23H14BrClN6O. The molecule has 0 aliphatic rings. The zero-order valence-electron chi connectivity index (χ0n) is 16.4. The van der Waals surface area contributed by atoms with E-state index in [1.54, 1.807) is 28.9 Å². The van der Waals surface area contributed by atoms with Gasteiger partial charge in [0, 0.05) is 21.9 Å². The smallest absolute Gasteiger partial charge is 0.257 e. The number of hydrogen-bond donors (Lipinski definition) is 1. The second-order valence-electron chi connectivity index (χ2n) is 6.88. The number of aromatic nitrogens is 5. The SMILES string of the molecule is O=C(Nc1ccc(-c2ccc3nnc(-c4ccccn4)n3n2)cc1)c1cc(Br)ccc1Cl. The number of amides is 1. The maximum absolute atomic E-state index is 12.6. The van der Waals surface area contributed by atoms with Crippen LogP contribution in [0.2, 0.25) is 5.02 Å². The number of hydrogen-bond acceptors (Lipinski definition) is 5. The number of carbonyl (C=O) groups excluding carboxylic acids is 1. The van der Waals surface area contributed by atoms with Gasteiger partial charge in [0.15, 0.2) is 5.65 Å². The Kier molecular flexibility index (Phi) is 5.38. The Morgan fingerprint density at radius 2 is 1.78 bits per heavy atom. The van der Waals surface area contributed by atoms with Gasteiger partial charge in [0.1, 0.15) is 5.69 Å². The van der Waals surface area contributed by atoms with Crippen LogP contribution in [-0.2, 0) is 0 Å². The molecule has 1 N–H and O–H groups in total. The van der Waals surface area contributed by atoms with E-state index in [1.165, 1.54) is 0 Å². The normalized spacial score (nSPS) is 10.9. The fraction of sp³-hybridized carbons (Fsp3) is 0. The van der Waals surface area contributed by atoms with E-state index in [-0.39, 0.29) is 5.91 Å². The standard InChI is InChI=1S/C23H14BrClN6O/c24-15-6-9-18(25)17(13-15)23(32)27-16-7-4-14(5-8-16)19-10-11-21-28-29-22(31(21)30-19)20-3-1-2-12-26-20/h1-13H,(H,27,32). The molecule has 3 heterocycles. The summed E-state index contributed by atoms with van der Waals surface area (Å²) in [6, 6.07) is 21.9. The molecule has 0 bridgehead atoms. The lowest BCUT2D eigenvalue weighted by atomic mass is 10.1. The number of pyridine rings is 1. The number of nitrogens with one attached hydrogen (secondary N) is 1. The fourth-order valence-corrected chi connectivity index (χ4v) is 3.76. The molecule has 0 fully saturated rings. The van der Waals surface area contributed by atoms with Gasteiger partial charge in [-0.15, -0.1) is 10.2 Å². The van der Waals surface area contributed by atoms with Gasteiger partial charge in [-0.05, 0) is 54.6 Å². The summed E-state index contributed by atoms with van der Waals surface area (Å²) >= 11 is 9.51. The van der Waals surface area contributed by atoms with Gasteiger partial charge < -0.3 is 5.32 Å². The number of halogens is 2. The molecule has 7 nitrogen and oxygen atoms in total. The van der Waals surface area contributed by atoms with Crippen LogP contribution >= 0.6 is 27.5 Å². The first-order valence-corrected chi connectivity index (χ1v) is 10.8. The lowest BCUT2D eigenvalue weighted by molar-refractivity contribution is 0.102. The van der Waals surface area contributed by atoms with Crippen LogP contribution in [0.4, 0.5) is 5.69 Å². The summed E-state index contributed by atoms with van der Waals surface area (Å²) in [5.74, 6) is 0.283. The Bertz CT molecular complexity index is 1440. The van der Waals surface area contributed by atoms with Gasteiger partial charge in [0.25, 0.3) is 5.91 Å². The quantitative estimate of drug-likeness (QED) is 0.347. The Balaban J connectivity index is 1.41. The molecule has 3 aromatic heterocycles. The van der Waals surface area contributed by atoms with Gasteiger partial charge in [0.05, 0.1) is 16.3 Å². The highest BCUT2D eigenvalue weighted by Gasteiger charge is 2.13. The fourth-order valence-electron chi connectivity index (χ4n) is 3.19. The van der Waals surface area contributed by atoms with Crippen LogP contribution in [0.1, 0.15) is 10.4 Å². The molecular weight excluding hydrogens is 492 g/mol. The highest BCUT2D eigenvalue weighted by Crippen LogP contribution is 2.24. The van der Waals surface area contributed by atoms with Gasteiger partial charge in [-0.2, -0.15) is 9.61 Å². The first kappa shape index (κ1) is 20.3. The van der Waals surface area contributed by atoms with Crippen LogP contribution in [0, 0.1) is 0 Å². The summed E-state index contributed by atoms with van der Waals surface area (Å²) in [4.78, 5) is 16.9. The van der Waals surface area contributed by atoms with Crippen molar-refractivity contribution in [2.75, 3.05) is 5.32 Å². The van der Waals surface area contributed by atoms with Crippen LogP contribution in [0.15, 0.2) is 83.5 Å². The minimum Gasteiger partial charge on any atom is -0.322 e. The highest BCUT2D eigenvalue weighted by atomic mass is 79.9.